The molecule has 2 unspecified atom stereocenters. The molecular weight excluding hydrogens is 368 g/mol. The highest BCUT2D eigenvalue weighted by atomic mass is 16.5. The van der Waals surface area contributed by atoms with Crippen LogP contribution in [0.15, 0.2) is 24.3 Å². The zero-order chi connectivity index (χ0) is 21.2. The van der Waals surface area contributed by atoms with Crippen LogP contribution in [0.5, 0.6) is 0 Å². The number of ether oxygens (including phenoxy) is 1. The number of hydrogen-bond donors (Lipinski definition) is 3. The number of hydrogen-bond acceptors (Lipinski definition) is 5. The normalized spacial score (nSPS) is 33.7. The van der Waals surface area contributed by atoms with Crippen LogP contribution in [0.3, 0.4) is 0 Å². The fourth-order valence-electron chi connectivity index (χ4n) is 5.04. The number of aliphatic hydroxyl groups is 3. The summed E-state index contributed by atoms with van der Waals surface area (Å²) in [7, 11) is 1.39. The molecule has 0 aromatic heterocycles. The number of carbonyl (C=O) groups is 1. The first-order chi connectivity index (χ1) is 14.0. The van der Waals surface area contributed by atoms with Gasteiger partial charge in [0.1, 0.15) is 0 Å². The molecule has 166 valence electrons. The van der Waals surface area contributed by atoms with Crippen LogP contribution >= 0.6 is 0 Å². The van der Waals surface area contributed by atoms with Crippen molar-refractivity contribution in [2.24, 2.45) is 23.7 Å². The molecule has 0 spiro atoms. The Balaban J connectivity index is 1.82. The highest BCUT2D eigenvalue weighted by molar-refractivity contribution is 5.69. The van der Waals surface area contributed by atoms with Crippen molar-refractivity contribution in [3.63, 3.8) is 0 Å². The first kappa shape index (κ1) is 24.1. The summed E-state index contributed by atoms with van der Waals surface area (Å²) in [5, 5.41) is 31.3. The van der Waals surface area contributed by atoms with E-state index in [0.717, 1.165) is 31.6 Å². The first-order valence-corrected chi connectivity index (χ1v) is 11.4. The van der Waals surface area contributed by atoms with Crippen molar-refractivity contribution in [3.8, 4) is 0 Å². The average Bonchev–Trinajstić information content (AvgIpc) is 3.27. The number of unbranched alkanes of at least 4 members (excludes halogenated alkanes) is 1. The summed E-state index contributed by atoms with van der Waals surface area (Å²) < 4.78 is 4.63. The number of aliphatic hydroxyl groups excluding tert-OH is 3. The molecule has 2 rings (SSSR count). The van der Waals surface area contributed by atoms with Crippen molar-refractivity contribution < 1.29 is 24.9 Å². The number of allylic oxidation sites excluding steroid dienone is 2. The smallest absolute Gasteiger partial charge is 0.305 e. The predicted octanol–water partition coefficient (Wildman–Crippen LogP) is 3.77. The minimum absolute atomic E-state index is 0.0401. The van der Waals surface area contributed by atoms with E-state index in [0.29, 0.717) is 25.2 Å². The molecule has 0 aromatic rings. The predicted molar refractivity (Wildman–Crippen MR) is 114 cm³/mol. The molecule has 5 heteroatoms. The van der Waals surface area contributed by atoms with Gasteiger partial charge in [0.15, 0.2) is 0 Å². The molecule has 2 aliphatic carbocycles. The summed E-state index contributed by atoms with van der Waals surface area (Å²) in [5.41, 5.74) is 0. The van der Waals surface area contributed by atoms with Crippen LogP contribution in [-0.4, -0.2) is 46.7 Å². The maximum absolute atomic E-state index is 11.1. The average molecular weight is 409 g/mol. The lowest BCUT2D eigenvalue weighted by atomic mass is 9.88. The van der Waals surface area contributed by atoms with Gasteiger partial charge in [-0.25, -0.2) is 0 Å². The lowest BCUT2D eigenvalue weighted by Gasteiger charge is -2.21. The molecule has 2 aliphatic rings. The topological polar surface area (TPSA) is 87.0 Å². The van der Waals surface area contributed by atoms with Gasteiger partial charge in [0.2, 0.25) is 0 Å². The van der Waals surface area contributed by atoms with Gasteiger partial charge in [-0.15, -0.1) is 0 Å². The molecule has 5 nitrogen and oxygen atoms in total. The van der Waals surface area contributed by atoms with Crippen molar-refractivity contribution >= 4 is 5.97 Å². The van der Waals surface area contributed by atoms with E-state index in [-0.39, 0.29) is 17.8 Å². The van der Waals surface area contributed by atoms with Crippen molar-refractivity contribution in [2.45, 2.75) is 89.4 Å². The van der Waals surface area contributed by atoms with Gasteiger partial charge in [0.25, 0.3) is 0 Å². The monoisotopic (exact) mass is 408 g/mol. The van der Waals surface area contributed by atoms with Crippen molar-refractivity contribution in [1.82, 2.24) is 0 Å². The highest BCUT2D eigenvalue weighted by Gasteiger charge is 2.39. The molecule has 29 heavy (non-hydrogen) atoms. The van der Waals surface area contributed by atoms with Crippen LogP contribution in [-0.2, 0) is 9.53 Å². The van der Waals surface area contributed by atoms with E-state index in [1.807, 2.05) is 24.3 Å². The van der Waals surface area contributed by atoms with Crippen LogP contribution in [0.1, 0.15) is 71.1 Å². The molecule has 2 saturated carbocycles. The van der Waals surface area contributed by atoms with E-state index in [2.05, 4.69) is 11.7 Å². The SMILES string of the molecule is CCCC1CCC([C@H](O)/C=C/[C@@H]2[C@@H](C/C=C\CCCC(=O)OC)[C@@H](O)C[C@H]2O)C1. The van der Waals surface area contributed by atoms with E-state index in [1.54, 1.807) is 0 Å². The molecule has 0 aliphatic heterocycles. The van der Waals surface area contributed by atoms with Gasteiger partial charge in [-0.1, -0.05) is 50.5 Å². The Labute approximate surface area is 175 Å². The van der Waals surface area contributed by atoms with Crippen molar-refractivity contribution in [1.29, 1.82) is 0 Å². The Morgan fingerprint density at radius 3 is 2.69 bits per heavy atom. The Kier molecular flexibility index (Phi) is 10.4. The lowest BCUT2D eigenvalue weighted by molar-refractivity contribution is -0.140. The van der Waals surface area contributed by atoms with Gasteiger partial charge < -0.3 is 20.1 Å². The van der Waals surface area contributed by atoms with E-state index >= 15 is 0 Å². The van der Waals surface area contributed by atoms with E-state index < -0.39 is 18.3 Å². The third-order valence-electron chi connectivity index (χ3n) is 6.76. The fraction of sp³-hybridized carbons (Fsp3) is 0.792. The minimum Gasteiger partial charge on any atom is -0.469 e. The third-order valence-corrected chi connectivity index (χ3v) is 6.76. The molecule has 0 amide bonds. The number of methoxy groups -OCH3 is 1. The summed E-state index contributed by atoms with van der Waals surface area (Å²) in [4.78, 5) is 11.1. The summed E-state index contributed by atoms with van der Waals surface area (Å²) in [5.74, 6) is 0.692. The minimum atomic E-state index is -0.567. The largest absolute Gasteiger partial charge is 0.469 e. The standard InChI is InChI=1S/C24H40O5/c1-3-8-17-11-12-18(15-17)21(25)14-13-20-19(22(26)16-23(20)27)9-6-4-5-7-10-24(28)29-2/h4,6,13-14,17-23,25-27H,3,5,7-12,15-16H2,1-2H3/b6-4-,14-13+/t17?,18?,19-,20-,21-,22+,23-/m1/s1. The van der Waals surface area contributed by atoms with Gasteiger partial charge in [-0.2, -0.15) is 0 Å². The third kappa shape index (κ3) is 7.54. The zero-order valence-electron chi connectivity index (χ0n) is 18.1. The number of rotatable bonds is 11. The van der Waals surface area contributed by atoms with Crippen LogP contribution in [0.25, 0.3) is 0 Å². The van der Waals surface area contributed by atoms with Gasteiger partial charge in [-0.05, 0) is 49.9 Å². The van der Waals surface area contributed by atoms with E-state index in [4.69, 9.17) is 0 Å². The molecule has 0 bridgehead atoms. The lowest BCUT2D eigenvalue weighted by Crippen LogP contribution is -2.21. The van der Waals surface area contributed by atoms with Crippen LogP contribution in [0.2, 0.25) is 0 Å². The second-order valence-corrected chi connectivity index (χ2v) is 8.89. The summed E-state index contributed by atoms with van der Waals surface area (Å²) >= 11 is 0. The van der Waals surface area contributed by atoms with Crippen LogP contribution < -0.4 is 0 Å². The Bertz CT molecular complexity index is 543. The molecule has 0 saturated heterocycles. The Morgan fingerprint density at radius 1 is 1.17 bits per heavy atom. The molecule has 0 aromatic carbocycles. The maximum Gasteiger partial charge on any atom is 0.305 e. The number of carbonyl (C=O) groups excluding carboxylic acids is 1. The molecular formula is C24H40O5. The van der Waals surface area contributed by atoms with Gasteiger partial charge >= 0.3 is 5.97 Å². The molecule has 0 heterocycles. The molecule has 2 fully saturated rings. The summed E-state index contributed by atoms with van der Waals surface area (Å²) in [6, 6.07) is 0. The zero-order valence-corrected chi connectivity index (χ0v) is 18.1. The highest BCUT2D eigenvalue weighted by Crippen LogP contribution is 2.38. The van der Waals surface area contributed by atoms with Gasteiger partial charge in [0.05, 0.1) is 25.4 Å². The molecule has 3 N–H and O–H groups in total. The quantitative estimate of drug-likeness (QED) is 0.275. The van der Waals surface area contributed by atoms with E-state index in [1.165, 1.54) is 26.4 Å². The van der Waals surface area contributed by atoms with Gasteiger partial charge in [0, 0.05) is 18.8 Å². The van der Waals surface area contributed by atoms with Crippen LogP contribution in [0, 0.1) is 23.7 Å². The summed E-state index contributed by atoms with van der Waals surface area (Å²) in [6.45, 7) is 2.21. The van der Waals surface area contributed by atoms with Gasteiger partial charge in [-0.3, -0.25) is 4.79 Å². The second kappa shape index (κ2) is 12.5. The summed E-state index contributed by atoms with van der Waals surface area (Å²) in [6.07, 6.45) is 15.1. The van der Waals surface area contributed by atoms with Crippen molar-refractivity contribution in [2.75, 3.05) is 7.11 Å². The number of esters is 1. The Morgan fingerprint density at radius 2 is 1.97 bits per heavy atom. The fourth-order valence-corrected chi connectivity index (χ4v) is 5.04. The molecule has 7 atom stereocenters. The van der Waals surface area contributed by atoms with E-state index in [9.17, 15) is 20.1 Å². The van der Waals surface area contributed by atoms with Crippen LogP contribution in [0.4, 0.5) is 0 Å². The second-order valence-electron chi connectivity index (χ2n) is 8.89. The van der Waals surface area contributed by atoms with Crippen molar-refractivity contribution in [3.05, 3.63) is 24.3 Å². The maximum atomic E-state index is 11.1. The first-order valence-electron chi connectivity index (χ1n) is 11.4. The molecule has 0 radical (unpaired) electrons. The Hall–Kier alpha value is -1.17.